The van der Waals surface area contributed by atoms with Crippen LogP contribution in [0.25, 0.3) is 0 Å². The molecular weight excluding hydrogens is 226 g/mol. The number of amides is 1. The highest BCUT2D eigenvalue weighted by Gasteiger charge is 2.29. The fourth-order valence-corrected chi connectivity index (χ4v) is 1.91. The summed E-state index contributed by atoms with van der Waals surface area (Å²) < 4.78 is 0. The number of nitrogens with one attached hydrogen (secondary N) is 1. The van der Waals surface area contributed by atoms with Crippen molar-refractivity contribution in [2.45, 2.75) is 65.0 Å². The van der Waals surface area contributed by atoms with E-state index in [4.69, 9.17) is 5.73 Å². The molecule has 0 radical (unpaired) electrons. The van der Waals surface area contributed by atoms with E-state index in [2.05, 4.69) is 31.0 Å². The maximum absolute atomic E-state index is 11.5. The van der Waals surface area contributed by atoms with Gasteiger partial charge in [0.25, 0.3) is 0 Å². The van der Waals surface area contributed by atoms with Gasteiger partial charge in [-0.3, -0.25) is 4.79 Å². The molecule has 0 aromatic rings. The lowest BCUT2D eigenvalue weighted by Gasteiger charge is -2.33. The van der Waals surface area contributed by atoms with Gasteiger partial charge < -0.3 is 16.0 Å². The van der Waals surface area contributed by atoms with Crippen molar-refractivity contribution in [3.63, 3.8) is 0 Å². The van der Waals surface area contributed by atoms with Crippen LogP contribution in [0.2, 0.25) is 0 Å². The minimum absolute atomic E-state index is 0.274. The monoisotopic (exact) mass is 257 g/mol. The molecule has 0 spiro atoms. The number of nitrogens with two attached hydrogens (primary N) is 1. The van der Waals surface area contributed by atoms with E-state index < -0.39 is 5.54 Å². The highest BCUT2D eigenvalue weighted by atomic mass is 16.1. The first-order chi connectivity index (χ1) is 8.41. The molecule has 0 rings (SSSR count). The summed E-state index contributed by atoms with van der Waals surface area (Å²) in [5.41, 5.74) is 4.86. The van der Waals surface area contributed by atoms with Gasteiger partial charge in [0, 0.05) is 12.6 Å². The molecule has 4 nitrogen and oxygen atoms in total. The number of carbonyl (C=O) groups excluding carboxylic acids is 1. The average Bonchev–Trinajstić information content (AvgIpc) is 2.37. The van der Waals surface area contributed by atoms with Crippen LogP contribution in [0.1, 0.15) is 53.4 Å². The Bertz CT molecular complexity index is 245. The molecule has 0 saturated carbocycles. The maximum Gasteiger partial charge on any atom is 0.237 e. The van der Waals surface area contributed by atoms with Gasteiger partial charge in [0.15, 0.2) is 0 Å². The smallest absolute Gasteiger partial charge is 0.237 e. The van der Waals surface area contributed by atoms with E-state index in [1.54, 1.807) is 7.05 Å². The zero-order chi connectivity index (χ0) is 14.2. The first-order valence-electron chi connectivity index (χ1n) is 7.14. The average molecular weight is 257 g/mol. The first kappa shape index (κ1) is 17.4. The predicted molar refractivity (Wildman–Crippen MR) is 77.5 cm³/mol. The van der Waals surface area contributed by atoms with Gasteiger partial charge in [-0.1, -0.05) is 20.3 Å². The Kier molecular flexibility index (Phi) is 8.20. The molecule has 0 saturated heterocycles. The van der Waals surface area contributed by atoms with Crippen molar-refractivity contribution in [1.29, 1.82) is 0 Å². The Morgan fingerprint density at radius 2 is 2.00 bits per heavy atom. The Labute approximate surface area is 112 Å². The van der Waals surface area contributed by atoms with E-state index in [9.17, 15) is 4.79 Å². The third-order valence-corrected chi connectivity index (χ3v) is 4.01. The van der Waals surface area contributed by atoms with E-state index in [-0.39, 0.29) is 5.91 Å². The minimum Gasteiger partial charge on any atom is -0.368 e. The van der Waals surface area contributed by atoms with Crippen molar-refractivity contribution in [2.24, 2.45) is 5.73 Å². The van der Waals surface area contributed by atoms with Crippen molar-refractivity contribution < 1.29 is 4.79 Å². The van der Waals surface area contributed by atoms with Gasteiger partial charge in [0.2, 0.25) is 5.91 Å². The van der Waals surface area contributed by atoms with Crippen molar-refractivity contribution in [1.82, 2.24) is 10.2 Å². The van der Waals surface area contributed by atoms with Gasteiger partial charge in [-0.05, 0) is 46.7 Å². The molecular formula is C14H31N3O. The van der Waals surface area contributed by atoms with Gasteiger partial charge >= 0.3 is 0 Å². The lowest BCUT2D eigenvalue weighted by Crippen LogP contribution is -2.53. The Morgan fingerprint density at radius 1 is 1.39 bits per heavy atom. The van der Waals surface area contributed by atoms with Crippen LogP contribution in [0.3, 0.4) is 0 Å². The number of likely N-dealkylation sites (N-methyl/N-ethyl adjacent to an activating group) is 1. The molecule has 0 fully saturated rings. The summed E-state index contributed by atoms with van der Waals surface area (Å²) in [5, 5.41) is 3.05. The zero-order valence-corrected chi connectivity index (χ0v) is 12.8. The summed E-state index contributed by atoms with van der Waals surface area (Å²) in [4.78, 5) is 13.9. The number of hydrogen-bond donors (Lipinski definition) is 2. The molecule has 0 aromatic heterocycles. The van der Waals surface area contributed by atoms with Crippen LogP contribution in [0.15, 0.2) is 0 Å². The largest absolute Gasteiger partial charge is 0.368 e. The Morgan fingerprint density at radius 3 is 2.39 bits per heavy atom. The van der Waals surface area contributed by atoms with E-state index >= 15 is 0 Å². The number of carbonyl (C=O) groups is 1. The molecule has 0 aliphatic rings. The summed E-state index contributed by atoms with van der Waals surface area (Å²) in [6.07, 6.45) is 4.30. The van der Waals surface area contributed by atoms with Crippen molar-refractivity contribution in [3.05, 3.63) is 0 Å². The number of hydrogen-bond acceptors (Lipinski definition) is 3. The van der Waals surface area contributed by atoms with E-state index in [0.29, 0.717) is 6.04 Å². The fourth-order valence-electron chi connectivity index (χ4n) is 1.91. The fraction of sp³-hybridized carbons (Fsp3) is 0.929. The van der Waals surface area contributed by atoms with Gasteiger partial charge in [0.05, 0.1) is 5.54 Å². The van der Waals surface area contributed by atoms with E-state index in [1.807, 2.05) is 6.92 Å². The van der Waals surface area contributed by atoms with E-state index in [1.165, 1.54) is 12.8 Å². The predicted octanol–water partition coefficient (Wildman–Crippen LogP) is 1.74. The molecule has 2 atom stereocenters. The van der Waals surface area contributed by atoms with Crippen molar-refractivity contribution in [2.75, 3.05) is 20.1 Å². The van der Waals surface area contributed by atoms with Crippen molar-refractivity contribution in [3.8, 4) is 0 Å². The Hall–Kier alpha value is -0.610. The standard InChI is InChI=1S/C14H31N3O/c1-6-8-10-17(12(3)7-2)11-9-14(4,16-5)13(15)18/h12,16H,6-11H2,1-5H3,(H2,15,18). The quantitative estimate of drug-likeness (QED) is 0.627. The SMILES string of the molecule is CCCCN(CCC(C)(NC)C(N)=O)C(C)CC. The molecule has 0 heterocycles. The number of unbranched alkanes of at least 4 members (excludes halogenated alkanes) is 1. The second-order valence-corrected chi connectivity index (χ2v) is 5.34. The van der Waals surface area contributed by atoms with Gasteiger partial charge in [-0.15, -0.1) is 0 Å². The lowest BCUT2D eigenvalue weighted by molar-refractivity contribution is -0.124. The maximum atomic E-state index is 11.5. The van der Waals surface area contributed by atoms with Crippen molar-refractivity contribution >= 4 is 5.91 Å². The summed E-state index contributed by atoms with van der Waals surface area (Å²) in [6, 6.07) is 0.561. The summed E-state index contributed by atoms with van der Waals surface area (Å²) >= 11 is 0. The number of rotatable bonds is 10. The lowest BCUT2D eigenvalue weighted by atomic mass is 9.96. The molecule has 2 unspecified atom stereocenters. The Balaban J connectivity index is 4.44. The number of nitrogens with zero attached hydrogens (tertiary/aromatic N) is 1. The van der Waals surface area contributed by atoms with Crippen LogP contribution < -0.4 is 11.1 Å². The molecule has 108 valence electrons. The highest BCUT2D eigenvalue weighted by Crippen LogP contribution is 2.13. The zero-order valence-electron chi connectivity index (χ0n) is 12.8. The molecule has 0 aliphatic carbocycles. The molecule has 4 heteroatoms. The second kappa shape index (κ2) is 8.48. The van der Waals surface area contributed by atoms with Crippen LogP contribution in [-0.4, -0.2) is 42.5 Å². The second-order valence-electron chi connectivity index (χ2n) is 5.34. The van der Waals surface area contributed by atoms with Crippen LogP contribution in [0.5, 0.6) is 0 Å². The molecule has 0 aliphatic heterocycles. The molecule has 3 N–H and O–H groups in total. The van der Waals surface area contributed by atoms with Gasteiger partial charge in [0.1, 0.15) is 0 Å². The molecule has 1 amide bonds. The third kappa shape index (κ3) is 5.36. The molecule has 0 aromatic carbocycles. The summed E-state index contributed by atoms with van der Waals surface area (Å²) in [5.74, 6) is -0.274. The molecule has 0 bridgehead atoms. The minimum atomic E-state index is -0.599. The van der Waals surface area contributed by atoms with Crippen LogP contribution in [-0.2, 0) is 4.79 Å². The van der Waals surface area contributed by atoms with Gasteiger partial charge in [-0.2, -0.15) is 0 Å². The number of primary amides is 1. The van der Waals surface area contributed by atoms with Gasteiger partial charge in [-0.25, -0.2) is 0 Å². The van der Waals surface area contributed by atoms with Crippen LogP contribution in [0, 0.1) is 0 Å². The van der Waals surface area contributed by atoms with E-state index in [0.717, 1.165) is 25.9 Å². The topological polar surface area (TPSA) is 58.4 Å². The van der Waals surface area contributed by atoms with Crippen LogP contribution >= 0.6 is 0 Å². The normalized spacial score (nSPS) is 16.6. The highest BCUT2D eigenvalue weighted by molar-refractivity contribution is 5.84. The summed E-state index contributed by atoms with van der Waals surface area (Å²) in [7, 11) is 1.80. The summed E-state index contributed by atoms with van der Waals surface area (Å²) in [6.45, 7) is 10.5. The third-order valence-electron chi connectivity index (χ3n) is 4.01. The first-order valence-corrected chi connectivity index (χ1v) is 7.14. The van der Waals surface area contributed by atoms with Crippen LogP contribution in [0.4, 0.5) is 0 Å². The molecule has 18 heavy (non-hydrogen) atoms.